The second-order valence-corrected chi connectivity index (χ2v) is 5.95. The maximum absolute atomic E-state index is 12.4. The molecule has 1 aromatic heterocycles. The molecule has 2 aromatic rings. The summed E-state index contributed by atoms with van der Waals surface area (Å²) in [6.07, 6.45) is -0.808. The zero-order chi connectivity index (χ0) is 18.0. The molecule has 0 atom stereocenters. The fourth-order valence-corrected chi connectivity index (χ4v) is 3.16. The van der Waals surface area contributed by atoms with Crippen molar-refractivity contribution in [2.45, 2.75) is 39.0 Å². The number of halogens is 3. The van der Waals surface area contributed by atoms with E-state index in [9.17, 15) is 13.2 Å². The van der Waals surface area contributed by atoms with Crippen LogP contribution >= 0.6 is 0 Å². The van der Waals surface area contributed by atoms with E-state index in [1.54, 1.807) is 13.2 Å². The second kappa shape index (κ2) is 6.82. The molecular formula is C18H19F3N2O2. The highest BCUT2D eigenvalue weighted by atomic mass is 19.4. The molecule has 0 radical (unpaired) electrons. The van der Waals surface area contributed by atoms with Gasteiger partial charge in [0.05, 0.1) is 18.5 Å². The van der Waals surface area contributed by atoms with Gasteiger partial charge in [0.1, 0.15) is 5.75 Å². The van der Waals surface area contributed by atoms with Crippen LogP contribution in [0.4, 0.5) is 24.5 Å². The molecule has 0 unspecified atom stereocenters. The van der Waals surface area contributed by atoms with Crippen LogP contribution in [0.15, 0.2) is 24.3 Å². The molecule has 1 aliphatic rings. The van der Waals surface area contributed by atoms with Gasteiger partial charge in [0.15, 0.2) is 0 Å². The lowest BCUT2D eigenvalue weighted by molar-refractivity contribution is -0.274. The first kappa shape index (κ1) is 17.4. The maximum Gasteiger partial charge on any atom is 0.573 e. The Hall–Kier alpha value is -2.44. The summed E-state index contributed by atoms with van der Waals surface area (Å²) in [5.41, 5.74) is 4.30. The molecule has 0 saturated carbocycles. The molecule has 0 spiro atoms. The third-order valence-corrected chi connectivity index (χ3v) is 4.19. The number of hydrogen-bond donors (Lipinski definition) is 1. The van der Waals surface area contributed by atoms with Crippen molar-refractivity contribution in [3.63, 3.8) is 0 Å². The average Bonchev–Trinajstić information content (AvgIpc) is 2.56. The zero-order valence-electron chi connectivity index (χ0n) is 14.0. The van der Waals surface area contributed by atoms with E-state index in [0.29, 0.717) is 11.6 Å². The summed E-state index contributed by atoms with van der Waals surface area (Å²) in [5.74, 6) is 0.373. The van der Waals surface area contributed by atoms with Crippen molar-refractivity contribution in [2.75, 3.05) is 12.4 Å². The van der Waals surface area contributed by atoms with E-state index in [1.165, 1.54) is 18.2 Å². The van der Waals surface area contributed by atoms with Gasteiger partial charge in [0, 0.05) is 17.3 Å². The van der Waals surface area contributed by atoms with Crippen LogP contribution in [-0.2, 0) is 12.8 Å². The van der Waals surface area contributed by atoms with Crippen molar-refractivity contribution in [3.05, 3.63) is 41.1 Å². The fraction of sp³-hybridized carbons (Fsp3) is 0.389. The topological polar surface area (TPSA) is 43.4 Å². The highest BCUT2D eigenvalue weighted by Gasteiger charge is 2.31. The lowest BCUT2D eigenvalue weighted by Gasteiger charge is -2.23. The number of nitrogens with one attached hydrogen (secondary N) is 1. The molecule has 0 fully saturated rings. The van der Waals surface area contributed by atoms with Crippen LogP contribution in [0.25, 0.3) is 0 Å². The summed E-state index contributed by atoms with van der Waals surface area (Å²) in [6, 6.07) is 5.81. The van der Waals surface area contributed by atoms with Crippen LogP contribution in [0.5, 0.6) is 11.6 Å². The lowest BCUT2D eigenvalue weighted by Crippen LogP contribution is -2.17. The van der Waals surface area contributed by atoms with E-state index in [2.05, 4.69) is 15.0 Å². The summed E-state index contributed by atoms with van der Waals surface area (Å²) in [4.78, 5) is 4.49. The smallest absolute Gasteiger partial charge is 0.481 e. The Balaban J connectivity index is 1.95. The van der Waals surface area contributed by atoms with Crippen LogP contribution in [0, 0.1) is 6.92 Å². The predicted octanol–water partition coefficient (Wildman–Crippen LogP) is 4.92. The van der Waals surface area contributed by atoms with Crippen LogP contribution in [-0.4, -0.2) is 18.5 Å². The first-order valence-corrected chi connectivity index (χ1v) is 8.06. The van der Waals surface area contributed by atoms with E-state index >= 15 is 0 Å². The van der Waals surface area contributed by atoms with Crippen molar-refractivity contribution in [1.82, 2.24) is 4.98 Å². The number of pyridine rings is 1. The van der Waals surface area contributed by atoms with Gasteiger partial charge in [-0.25, -0.2) is 4.98 Å². The van der Waals surface area contributed by atoms with Gasteiger partial charge in [0.25, 0.3) is 0 Å². The Morgan fingerprint density at radius 2 is 1.84 bits per heavy atom. The van der Waals surface area contributed by atoms with Gasteiger partial charge < -0.3 is 14.8 Å². The van der Waals surface area contributed by atoms with Crippen molar-refractivity contribution >= 4 is 11.4 Å². The molecule has 1 N–H and O–H groups in total. The molecule has 1 aromatic carbocycles. The summed E-state index contributed by atoms with van der Waals surface area (Å²) in [5, 5.41) is 3.21. The highest BCUT2D eigenvalue weighted by Crippen LogP contribution is 2.37. The summed E-state index contributed by atoms with van der Waals surface area (Å²) in [6.45, 7) is 1.86. The van der Waals surface area contributed by atoms with E-state index < -0.39 is 6.36 Å². The molecule has 134 valence electrons. The molecule has 3 rings (SSSR count). The van der Waals surface area contributed by atoms with Crippen LogP contribution < -0.4 is 14.8 Å². The quantitative estimate of drug-likeness (QED) is 0.848. The van der Waals surface area contributed by atoms with E-state index in [0.717, 1.165) is 48.2 Å². The Labute approximate surface area is 144 Å². The number of fused-ring (bicyclic) bond motifs is 1. The molecule has 4 nitrogen and oxygen atoms in total. The Kier molecular flexibility index (Phi) is 4.74. The van der Waals surface area contributed by atoms with Gasteiger partial charge in [-0.15, -0.1) is 13.2 Å². The number of ether oxygens (including phenoxy) is 2. The molecule has 1 heterocycles. The SMILES string of the molecule is COc1nc(C)c(Nc2cccc(OC(F)(F)F)c2)c2c1CCCC2. The predicted molar refractivity (Wildman–Crippen MR) is 88.6 cm³/mol. The molecule has 0 aliphatic heterocycles. The number of rotatable bonds is 4. The van der Waals surface area contributed by atoms with E-state index in [1.807, 2.05) is 6.92 Å². The van der Waals surface area contributed by atoms with Gasteiger partial charge in [0.2, 0.25) is 5.88 Å². The van der Waals surface area contributed by atoms with Crippen LogP contribution in [0.2, 0.25) is 0 Å². The Morgan fingerprint density at radius 1 is 1.12 bits per heavy atom. The molecule has 1 aliphatic carbocycles. The fourth-order valence-electron chi connectivity index (χ4n) is 3.16. The standard InChI is InChI=1S/C18H19F3N2O2/c1-11-16(14-8-3-4-9-15(14)17(22-11)24-2)23-12-6-5-7-13(10-12)25-18(19,20)21/h5-7,10,23H,3-4,8-9H2,1-2H3. The highest BCUT2D eigenvalue weighted by molar-refractivity contribution is 5.69. The molecular weight excluding hydrogens is 333 g/mol. The number of benzene rings is 1. The lowest BCUT2D eigenvalue weighted by atomic mass is 9.90. The molecule has 25 heavy (non-hydrogen) atoms. The largest absolute Gasteiger partial charge is 0.573 e. The first-order chi connectivity index (χ1) is 11.9. The third kappa shape index (κ3) is 3.97. The van der Waals surface area contributed by atoms with Crippen molar-refractivity contribution in [1.29, 1.82) is 0 Å². The molecule has 0 bridgehead atoms. The van der Waals surface area contributed by atoms with Crippen molar-refractivity contribution in [3.8, 4) is 11.6 Å². The van der Waals surface area contributed by atoms with Crippen LogP contribution in [0.1, 0.15) is 29.7 Å². The molecule has 0 saturated heterocycles. The first-order valence-electron chi connectivity index (χ1n) is 8.06. The normalized spacial score (nSPS) is 14.0. The number of alkyl halides is 3. The minimum atomic E-state index is -4.71. The Morgan fingerprint density at radius 3 is 2.52 bits per heavy atom. The summed E-state index contributed by atoms with van der Waals surface area (Å²) in [7, 11) is 1.60. The number of hydrogen-bond acceptors (Lipinski definition) is 4. The number of aromatic nitrogens is 1. The third-order valence-electron chi connectivity index (χ3n) is 4.19. The monoisotopic (exact) mass is 352 g/mol. The molecule has 0 amide bonds. The number of nitrogens with zero attached hydrogens (tertiary/aromatic N) is 1. The number of aryl methyl sites for hydroxylation is 1. The van der Waals surface area contributed by atoms with Gasteiger partial charge >= 0.3 is 6.36 Å². The van der Waals surface area contributed by atoms with Gasteiger partial charge in [-0.1, -0.05) is 6.07 Å². The number of methoxy groups -OCH3 is 1. The minimum Gasteiger partial charge on any atom is -0.481 e. The van der Waals surface area contributed by atoms with Gasteiger partial charge in [-0.3, -0.25) is 0 Å². The second-order valence-electron chi connectivity index (χ2n) is 5.95. The minimum absolute atomic E-state index is 0.259. The Bertz CT molecular complexity index is 776. The summed E-state index contributed by atoms with van der Waals surface area (Å²) < 4.78 is 46.6. The van der Waals surface area contributed by atoms with Gasteiger partial charge in [-0.05, 0) is 50.3 Å². The number of anilines is 2. The zero-order valence-corrected chi connectivity index (χ0v) is 14.0. The molecule has 7 heteroatoms. The van der Waals surface area contributed by atoms with E-state index in [4.69, 9.17) is 4.74 Å². The van der Waals surface area contributed by atoms with Gasteiger partial charge in [-0.2, -0.15) is 0 Å². The van der Waals surface area contributed by atoms with E-state index in [-0.39, 0.29) is 5.75 Å². The van der Waals surface area contributed by atoms with Crippen molar-refractivity contribution < 1.29 is 22.6 Å². The average molecular weight is 352 g/mol. The van der Waals surface area contributed by atoms with Crippen LogP contribution in [0.3, 0.4) is 0 Å². The summed E-state index contributed by atoms with van der Waals surface area (Å²) >= 11 is 0. The maximum atomic E-state index is 12.4. The van der Waals surface area contributed by atoms with Crippen molar-refractivity contribution in [2.24, 2.45) is 0 Å².